The summed E-state index contributed by atoms with van der Waals surface area (Å²) in [6.45, 7) is 1.62. The number of ketones is 2. The van der Waals surface area contributed by atoms with Crippen LogP contribution in [-0.2, 0) is 19.1 Å². The highest BCUT2D eigenvalue weighted by atomic mass is 16.7. The summed E-state index contributed by atoms with van der Waals surface area (Å²) in [6.07, 6.45) is -2.10. The zero-order valence-electron chi connectivity index (χ0n) is 6.44. The largest absolute Gasteiger partial charge is 0.445 e. The van der Waals surface area contributed by atoms with Crippen molar-refractivity contribution in [2.24, 2.45) is 0 Å². The molecule has 0 spiro atoms. The third kappa shape index (κ3) is 1.23. The number of Topliss-reactive ketones (excluding diaryl/α,β-unsaturated/α-hetero) is 2. The summed E-state index contributed by atoms with van der Waals surface area (Å²) in [5, 5.41) is 9.11. The van der Waals surface area contributed by atoms with Gasteiger partial charge < -0.3 is 9.84 Å². The summed E-state index contributed by atoms with van der Waals surface area (Å²) < 4.78 is 4.35. The molecule has 1 rings (SSSR count). The summed E-state index contributed by atoms with van der Waals surface area (Å²) >= 11 is 0. The second-order valence-electron chi connectivity index (χ2n) is 2.49. The number of aliphatic hydroxyl groups excluding tert-OH is 1. The Bertz CT molecular complexity index is 244. The molecule has 1 aliphatic heterocycles. The van der Waals surface area contributed by atoms with Gasteiger partial charge in [0.25, 0.3) is 5.78 Å². The number of rotatable bonds is 2. The third-order valence-corrected chi connectivity index (χ3v) is 1.67. The number of cyclic esters (lactones) is 1. The molecule has 5 heteroatoms. The average molecular weight is 173 g/mol. The van der Waals surface area contributed by atoms with Crippen LogP contribution >= 0.6 is 0 Å². The molecule has 0 aromatic heterocycles. The van der Waals surface area contributed by atoms with Gasteiger partial charge >= 0.3 is 11.8 Å². The number of aliphatic hydroxyl groups is 1. The highest BCUT2D eigenvalue weighted by Crippen LogP contribution is 2.12. The van der Waals surface area contributed by atoms with Gasteiger partial charge in [-0.05, 0) is 6.42 Å². The zero-order chi connectivity index (χ0) is 9.30. The van der Waals surface area contributed by atoms with E-state index in [1.54, 1.807) is 6.92 Å². The fourth-order valence-corrected chi connectivity index (χ4v) is 0.920. The minimum Gasteiger partial charge on any atom is -0.445 e. The van der Waals surface area contributed by atoms with Gasteiger partial charge in [-0.2, -0.15) is 0 Å². The molecule has 12 heavy (non-hydrogen) atoms. The van der Waals surface area contributed by atoms with Gasteiger partial charge in [-0.3, -0.25) is 9.59 Å². The van der Waals surface area contributed by atoms with Gasteiger partial charge in [0.05, 0.1) is 6.10 Å². The van der Waals surface area contributed by atoms with Crippen LogP contribution < -0.4 is 0 Å². The first-order valence-electron chi connectivity index (χ1n) is 3.55. The molecule has 0 saturated carbocycles. The maximum atomic E-state index is 10.9. The fourth-order valence-electron chi connectivity index (χ4n) is 0.920. The molecule has 1 heterocycles. The molecule has 1 saturated heterocycles. The summed E-state index contributed by atoms with van der Waals surface area (Å²) in [6, 6.07) is 0. The van der Waals surface area contributed by atoms with Gasteiger partial charge in [0, 0.05) is 0 Å². The van der Waals surface area contributed by atoms with E-state index in [9.17, 15) is 14.4 Å². The Morgan fingerprint density at radius 3 is 2.42 bits per heavy atom. The van der Waals surface area contributed by atoms with E-state index in [2.05, 4.69) is 4.74 Å². The van der Waals surface area contributed by atoms with Crippen molar-refractivity contribution < 1.29 is 24.2 Å². The second kappa shape index (κ2) is 3.02. The topological polar surface area (TPSA) is 80.7 Å². The Hall–Kier alpha value is -1.23. The summed E-state index contributed by atoms with van der Waals surface area (Å²) in [5.41, 5.74) is 0. The molecular formula is C7H8O5. The van der Waals surface area contributed by atoms with E-state index in [1.807, 2.05) is 0 Å². The van der Waals surface area contributed by atoms with Crippen molar-refractivity contribution in [3.63, 3.8) is 0 Å². The molecular weight excluding hydrogens is 165 g/mol. The van der Waals surface area contributed by atoms with Gasteiger partial charge in [-0.1, -0.05) is 6.92 Å². The number of carbonyl (C=O) groups is 3. The molecule has 0 amide bonds. The molecule has 66 valence electrons. The van der Waals surface area contributed by atoms with Crippen LogP contribution in [-0.4, -0.2) is 34.9 Å². The highest BCUT2D eigenvalue weighted by molar-refractivity contribution is 6.65. The van der Waals surface area contributed by atoms with Crippen LogP contribution in [0.4, 0.5) is 0 Å². The molecule has 1 N–H and O–H groups in total. The minimum atomic E-state index is -1.28. The van der Waals surface area contributed by atoms with Gasteiger partial charge in [-0.15, -0.1) is 0 Å². The molecule has 0 aliphatic carbocycles. The summed E-state index contributed by atoms with van der Waals surface area (Å²) in [5.74, 6) is -3.29. The predicted molar refractivity (Wildman–Crippen MR) is 36.2 cm³/mol. The van der Waals surface area contributed by atoms with Crippen LogP contribution in [0.25, 0.3) is 0 Å². The van der Waals surface area contributed by atoms with Crippen LogP contribution in [0.5, 0.6) is 0 Å². The second-order valence-corrected chi connectivity index (χ2v) is 2.49. The fraction of sp³-hybridized carbons (Fsp3) is 0.571. The maximum Gasteiger partial charge on any atom is 0.383 e. The van der Waals surface area contributed by atoms with Crippen LogP contribution in [0.2, 0.25) is 0 Å². The van der Waals surface area contributed by atoms with Crippen LogP contribution in [0.1, 0.15) is 13.3 Å². The van der Waals surface area contributed by atoms with Crippen molar-refractivity contribution in [3.05, 3.63) is 0 Å². The molecule has 0 aromatic carbocycles. The zero-order valence-corrected chi connectivity index (χ0v) is 6.44. The highest BCUT2D eigenvalue weighted by Gasteiger charge is 2.45. The lowest BCUT2D eigenvalue weighted by atomic mass is 10.1. The Balaban J connectivity index is 2.78. The van der Waals surface area contributed by atoms with Crippen LogP contribution in [0.3, 0.4) is 0 Å². The van der Waals surface area contributed by atoms with Crippen molar-refractivity contribution in [1.29, 1.82) is 0 Å². The normalized spacial score (nSPS) is 25.8. The number of esters is 1. The minimum absolute atomic E-state index is 0.261. The van der Waals surface area contributed by atoms with Gasteiger partial charge in [0.1, 0.15) is 0 Å². The molecule has 1 fully saturated rings. The van der Waals surface area contributed by atoms with E-state index in [0.717, 1.165) is 0 Å². The molecule has 0 unspecified atom stereocenters. The molecule has 0 radical (unpaired) electrons. The molecule has 1 aliphatic rings. The van der Waals surface area contributed by atoms with Crippen LogP contribution in [0.15, 0.2) is 0 Å². The summed E-state index contributed by atoms with van der Waals surface area (Å²) in [4.78, 5) is 32.0. The Morgan fingerprint density at radius 2 is 2.08 bits per heavy atom. The van der Waals surface area contributed by atoms with Crippen molar-refractivity contribution in [1.82, 2.24) is 0 Å². The number of hydrogen-bond acceptors (Lipinski definition) is 5. The first kappa shape index (κ1) is 8.86. The molecule has 5 nitrogen and oxygen atoms in total. The van der Waals surface area contributed by atoms with Crippen molar-refractivity contribution in [2.75, 3.05) is 0 Å². The lowest BCUT2D eigenvalue weighted by Gasteiger charge is -2.11. The third-order valence-electron chi connectivity index (χ3n) is 1.67. The Labute approximate surface area is 68.3 Å². The SMILES string of the molecule is CC[C@H](O)[C@H]1O[13C](=O)C(=O)C1=O. The van der Waals surface area contributed by atoms with Crippen molar-refractivity contribution in [2.45, 2.75) is 25.6 Å². The Morgan fingerprint density at radius 1 is 1.50 bits per heavy atom. The maximum absolute atomic E-state index is 10.9. The number of ether oxygens (including phenoxy) is 1. The first-order valence-corrected chi connectivity index (χ1v) is 3.55. The van der Waals surface area contributed by atoms with Crippen molar-refractivity contribution in [3.8, 4) is 0 Å². The molecule has 0 bridgehead atoms. The Kier molecular flexibility index (Phi) is 2.23. The van der Waals surface area contributed by atoms with E-state index in [0.29, 0.717) is 0 Å². The van der Waals surface area contributed by atoms with Gasteiger partial charge in [0.15, 0.2) is 6.10 Å². The lowest BCUT2D eigenvalue weighted by Crippen LogP contribution is -2.32. The molecule has 2 atom stereocenters. The lowest BCUT2D eigenvalue weighted by molar-refractivity contribution is -0.151. The predicted octanol–water partition coefficient (Wildman–Crippen LogP) is -1.18. The van der Waals surface area contributed by atoms with Crippen molar-refractivity contribution >= 4 is 17.5 Å². The number of carbonyl (C=O) groups excluding carboxylic acids is 3. The van der Waals surface area contributed by atoms with Gasteiger partial charge in [0.2, 0.25) is 0 Å². The van der Waals surface area contributed by atoms with E-state index >= 15 is 0 Å². The first-order chi connectivity index (χ1) is 5.57. The van der Waals surface area contributed by atoms with E-state index < -0.39 is 29.7 Å². The summed E-state index contributed by atoms with van der Waals surface area (Å²) in [7, 11) is 0. The van der Waals surface area contributed by atoms with E-state index in [-0.39, 0.29) is 6.42 Å². The smallest absolute Gasteiger partial charge is 0.383 e. The standard InChI is InChI=1S/C7H8O5/c1-2-3(8)6-4(9)5(10)7(11)12-6/h3,6,8H,2H2,1H3/t3-,6+/m0/s1/i7+1. The quantitative estimate of drug-likeness (QED) is 0.323. The molecule has 0 aromatic rings. The van der Waals surface area contributed by atoms with Crippen LogP contribution in [0, 0.1) is 0 Å². The van der Waals surface area contributed by atoms with E-state index in [4.69, 9.17) is 5.11 Å². The monoisotopic (exact) mass is 173 g/mol. The number of hydrogen-bond donors (Lipinski definition) is 1. The van der Waals surface area contributed by atoms with E-state index in [1.165, 1.54) is 0 Å². The average Bonchev–Trinajstić information content (AvgIpc) is 2.32. The van der Waals surface area contributed by atoms with Gasteiger partial charge in [-0.25, -0.2) is 4.79 Å².